The summed E-state index contributed by atoms with van der Waals surface area (Å²) in [6, 6.07) is 0. The molecule has 0 rings (SSSR count). The van der Waals surface area contributed by atoms with E-state index in [4.69, 9.17) is 21.1 Å². The first-order valence-corrected chi connectivity index (χ1v) is 8.19. The van der Waals surface area contributed by atoms with Crippen LogP contribution < -0.4 is 0 Å². The zero-order valence-corrected chi connectivity index (χ0v) is 13.5. The van der Waals surface area contributed by atoms with E-state index in [1.165, 1.54) is 8.61 Å². The summed E-state index contributed by atoms with van der Waals surface area (Å²) in [6.07, 6.45) is 1.29. The van der Waals surface area contributed by atoms with Crippen LogP contribution in [-0.4, -0.2) is 77.0 Å². The molecule has 0 unspecified atom stereocenters. The van der Waals surface area contributed by atoms with Gasteiger partial charge in [0.15, 0.2) is 0 Å². The minimum absolute atomic E-state index is 0.341. The molecule has 0 aliphatic carbocycles. The number of ether oxygens (including phenoxy) is 2. The highest BCUT2D eigenvalue weighted by atomic mass is 35.5. The van der Waals surface area contributed by atoms with Gasteiger partial charge in [0, 0.05) is 53.4 Å². The summed E-state index contributed by atoms with van der Waals surface area (Å²) in [6.45, 7) is 2.08. The molecule has 8 heteroatoms. The van der Waals surface area contributed by atoms with Crippen molar-refractivity contribution in [3.8, 4) is 0 Å². The first-order valence-electron chi connectivity index (χ1n) is 6.26. The van der Waals surface area contributed by atoms with Gasteiger partial charge in [-0.15, -0.1) is 11.6 Å². The smallest absolute Gasteiger partial charge is 0.281 e. The fourth-order valence-electron chi connectivity index (χ4n) is 1.52. The number of rotatable bonds is 12. The molecule has 0 aromatic carbocycles. The molecule has 0 saturated heterocycles. The van der Waals surface area contributed by atoms with Gasteiger partial charge in [0.05, 0.1) is 6.61 Å². The van der Waals surface area contributed by atoms with Crippen LogP contribution in [0.25, 0.3) is 0 Å². The van der Waals surface area contributed by atoms with Gasteiger partial charge in [-0.25, -0.2) is 0 Å². The molecule has 0 radical (unpaired) electrons. The van der Waals surface area contributed by atoms with Gasteiger partial charge in [-0.2, -0.15) is 17.0 Å². The fraction of sp³-hybridized carbons (Fsp3) is 1.00. The lowest BCUT2D eigenvalue weighted by atomic mass is 10.4. The Balaban J connectivity index is 4.59. The van der Waals surface area contributed by atoms with E-state index in [1.54, 1.807) is 21.3 Å². The quantitative estimate of drug-likeness (QED) is 0.394. The molecule has 0 heterocycles. The van der Waals surface area contributed by atoms with Crippen LogP contribution in [-0.2, 0) is 19.7 Å². The number of alkyl halides is 1. The Morgan fingerprint density at radius 2 is 1.63 bits per heavy atom. The summed E-state index contributed by atoms with van der Waals surface area (Å²) in [4.78, 5) is 0. The fourth-order valence-corrected chi connectivity index (χ4v) is 3.05. The third-order valence-corrected chi connectivity index (χ3v) is 4.88. The van der Waals surface area contributed by atoms with Crippen molar-refractivity contribution < 1.29 is 17.9 Å². The largest absolute Gasteiger partial charge is 0.385 e. The molecule has 0 saturated carbocycles. The molecule has 0 spiro atoms. The number of hydrogen-bond acceptors (Lipinski definition) is 4. The van der Waals surface area contributed by atoms with Gasteiger partial charge < -0.3 is 9.47 Å². The lowest BCUT2D eigenvalue weighted by Crippen LogP contribution is -2.44. The van der Waals surface area contributed by atoms with Crippen molar-refractivity contribution in [2.75, 3.05) is 60.0 Å². The molecule has 0 aliphatic rings. The van der Waals surface area contributed by atoms with E-state index in [0.717, 1.165) is 0 Å². The Bertz CT molecular complexity index is 314. The molecule has 0 fully saturated rings. The zero-order valence-electron chi connectivity index (χ0n) is 12.0. The maximum Gasteiger partial charge on any atom is 0.281 e. The number of halogens is 1. The van der Waals surface area contributed by atoms with E-state index < -0.39 is 10.2 Å². The maximum atomic E-state index is 12.3. The van der Waals surface area contributed by atoms with Crippen molar-refractivity contribution in [1.82, 2.24) is 8.61 Å². The molecule has 0 N–H and O–H groups in total. The van der Waals surface area contributed by atoms with Crippen molar-refractivity contribution in [3.05, 3.63) is 0 Å². The molecule has 0 amide bonds. The highest BCUT2D eigenvalue weighted by Crippen LogP contribution is 2.08. The van der Waals surface area contributed by atoms with E-state index in [9.17, 15) is 8.42 Å². The molecule has 6 nitrogen and oxygen atoms in total. The van der Waals surface area contributed by atoms with Gasteiger partial charge in [-0.05, 0) is 12.8 Å². The lowest BCUT2D eigenvalue weighted by molar-refractivity contribution is 0.161. The second-order valence-corrected chi connectivity index (χ2v) is 6.52. The van der Waals surface area contributed by atoms with E-state index in [0.29, 0.717) is 51.6 Å². The highest BCUT2D eigenvalue weighted by molar-refractivity contribution is 7.86. The van der Waals surface area contributed by atoms with E-state index in [2.05, 4.69) is 0 Å². The van der Waals surface area contributed by atoms with Gasteiger partial charge in [0.25, 0.3) is 10.2 Å². The van der Waals surface area contributed by atoms with Crippen LogP contribution in [0.4, 0.5) is 0 Å². The van der Waals surface area contributed by atoms with Crippen molar-refractivity contribution in [2.45, 2.75) is 12.8 Å². The topological polar surface area (TPSA) is 59.1 Å². The van der Waals surface area contributed by atoms with Crippen LogP contribution in [0.15, 0.2) is 0 Å². The van der Waals surface area contributed by atoms with Crippen molar-refractivity contribution in [3.63, 3.8) is 0 Å². The summed E-state index contributed by atoms with van der Waals surface area (Å²) in [5.41, 5.74) is 0. The van der Waals surface area contributed by atoms with Crippen LogP contribution in [0.5, 0.6) is 0 Å². The SMILES string of the molecule is COCCCN(CCOC)S(=O)(=O)N(C)CCCCl. The Kier molecular flexibility index (Phi) is 10.9. The van der Waals surface area contributed by atoms with Crippen LogP contribution in [0.3, 0.4) is 0 Å². The molecule has 0 atom stereocenters. The molecule has 0 aromatic heterocycles. The number of nitrogens with zero attached hydrogens (tertiary/aromatic N) is 2. The molecule has 0 aliphatic heterocycles. The number of hydrogen-bond donors (Lipinski definition) is 0. The van der Waals surface area contributed by atoms with E-state index in [-0.39, 0.29) is 0 Å². The monoisotopic (exact) mass is 316 g/mol. The predicted octanol–water partition coefficient (Wildman–Crippen LogP) is 0.777. The highest BCUT2D eigenvalue weighted by Gasteiger charge is 2.25. The molecule has 19 heavy (non-hydrogen) atoms. The van der Waals surface area contributed by atoms with E-state index >= 15 is 0 Å². The van der Waals surface area contributed by atoms with E-state index in [1.807, 2.05) is 0 Å². The minimum Gasteiger partial charge on any atom is -0.385 e. The summed E-state index contributed by atoms with van der Waals surface area (Å²) >= 11 is 5.59. The van der Waals surface area contributed by atoms with Gasteiger partial charge in [0.2, 0.25) is 0 Å². The van der Waals surface area contributed by atoms with Crippen molar-refractivity contribution in [2.24, 2.45) is 0 Å². The van der Waals surface area contributed by atoms with Gasteiger partial charge >= 0.3 is 0 Å². The Hall–Kier alpha value is 0.0800. The average Bonchev–Trinajstić information content (AvgIpc) is 2.39. The molecule has 0 aromatic rings. The Morgan fingerprint density at radius 1 is 1.00 bits per heavy atom. The second-order valence-electron chi connectivity index (χ2n) is 4.11. The summed E-state index contributed by atoms with van der Waals surface area (Å²) < 4.78 is 37.4. The maximum absolute atomic E-state index is 12.3. The first-order chi connectivity index (χ1) is 9.00. The molecular weight excluding hydrogens is 292 g/mol. The molecule has 116 valence electrons. The number of methoxy groups -OCH3 is 2. The zero-order chi connectivity index (χ0) is 14.7. The van der Waals surface area contributed by atoms with Crippen molar-refractivity contribution in [1.29, 1.82) is 0 Å². The minimum atomic E-state index is -3.45. The Morgan fingerprint density at radius 3 is 2.16 bits per heavy atom. The van der Waals surface area contributed by atoms with Gasteiger partial charge in [-0.3, -0.25) is 0 Å². The first kappa shape index (κ1) is 19.1. The third-order valence-electron chi connectivity index (χ3n) is 2.63. The normalized spacial score (nSPS) is 12.5. The third kappa shape index (κ3) is 7.43. The lowest BCUT2D eigenvalue weighted by Gasteiger charge is -2.27. The van der Waals surface area contributed by atoms with Crippen LogP contribution in [0.2, 0.25) is 0 Å². The summed E-state index contributed by atoms with van der Waals surface area (Å²) in [5, 5.41) is 0. The molecule has 0 bridgehead atoms. The summed E-state index contributed by atoms with van der Waals surface area (Å²) in [5.74, 6) is 0.446. The van der Waals surface area contributed by atoms with Crippen LogP contribution in [0, 0.1) is 0 Å². The van der Waals surface area contributed by atoms with Gasteiger partial charge in [-0.1, -0.05) is 0 Å². The summed E-state index contributed by atoms with van der Waals surface area (Å²) in [7, 11) is 1.26. The second kappa shape index (κ2) is 10.8. The Labute approximate surface area is 121 Å². The predicted molar refractivity (Wildman–Crippen MR) is 76.8 cm³/mol. The van der Waals surface area contributed by atoms with Crippen LogP contribution in [0.1, 0.15) is 12.8 Å². The van der Waals surface area contributed by atoms with Gasteiger partial charge in [0.1, 0.15) is 0 Å². The van der Waals surface area contributed by atoms with Crippen LogP contribution >= 0.6 is 11.6 Å². The average molecular weight is 317 g/mol. The van der Waals surface area contributed by atoms with Crippen molar-refractivity contribution >= 4 is 21.8 Å². The molecular formula is C11H25ClN2O4S. The standard InChI is InChI=1S/C11H25ClN2O4S/c1-13(7-4-6-12)19(15,16)14(9-11-18-3)8-5-10-17-2/h4-11H2,1-3H3.